The molecule has 2 heterocycles. The third kappa shape index (κ3) is 4.69. The molecule has 10 heteroatoms. The van der Waals surface area contributed by atoms with Crippen molar-refractivity contribution in [1.82, 2.24) is 19.7 Å². The van der Waals surface area contributed by atoms with Crippen LogP contribution < -0.4 is 5.14 Å². The van der Waals surface area contributed by atoms with Crippen molar-refractivity contribution in [2.75, 3.05) is 0 Å². The highest BCUT2D eigenvalue weighted by atomic mass is 32.2. The summed E-state index contributed by atoms with van der Waals surface area (Å²) in [6.45, 7) is 4.98. The Morgan fingerprint density at radius 3 is 2.74 bits per heavy atom. The van der Waals surface area contributed by atoms with Crippen molar-refractivity contribution in [3.63, 3.8) is 0 Å². The largest absolute Gasteiger partial charge is 0.339 e. The molecule has 0 unspecified atom stereocenters. The Morgan fingerprint density at radius 2 is 2.04 bits per heavy atom. The van der Waals surface area contributed by atoms with E-state index in [9.17, 15) is 8.42 Å². The molecule has 0 saturated heterocycles. The molecule has 2 N–H and O–H groups in total. The highest BCUT2D eigenvalue weighted by molar-refractivity contribution is 7.98. The number of aryl methyl sites for hydroxylation is 2. The average molecular weight is 410 g/mol. The van der Waals surface area contributed by atoms with Crippen molar-refractivity contribution in [2.45, 2.75) is 61.9 Å². The highest BCUT2D eigenvalue weighted by Gasteiger charge is 2.16. The van der Waals surface area contributed by atoms with Crippen LogP contribution in [0.4, 0.5) is 0 Å². The molecule has 0 bridgehead atoms. The number of benzene rings is 1. The molecule has 2 aromatic heterocycles. The van der Waals surface area contributed by atoms with Gasteiger partial charge in [0.15, 0.2) is 11.0 Å². The number of nitrogens with zero attached hydrogens (tertiary/aromatic N) is 4. The fraction of sp³-hybridized carbons (Fsp3) is 0.471. The van der Waals surface area contributed by atoms with Crippen LogP contribution in [0.1, 0.15) is 44.8 Å². The summed E-state index contributed by atoms with van der Waals surface area (Å²) in [5.41, 5.74) is 1.48. The van der Waals surface area contributed by atoms with Gasteiger partial charge in [-0.2, -0.15) is 4.98 Å². The number of imidazole rings is 1. The fourth-order valence-corrected chi connectivity index (χ4v) is 4.14. The lowest BCUT2D eigenvalue weighted by molar-refractivity contribution is 0.371. The van der Waals surface area contributed by atoms with E-state index in [0.29, 0.717) is 23.0 Å². The maximum absolute atomic E-state index is 11.6. The monoisotopic (exact) mass is 409 g/mol. The van der Waals surface area contributed by atoms with Gasteiger partial charge < -0.3 is 9.09 Å². The van der Waals surface area contributed by atoms with Crippen LogP contribution in [0.15, 0.2) is 32.8 Å². The zero-order chi connectivity index (χ0) is 19.4. The topological polar surface area (TPSA) is 117 Å². The zero-order valence-corrected chi connectivity index (χ0v) is 17.0. The van der Waals surface area contributed by atoms with Crippen molar-refractivity contribution in [2.24, 2.45) is 5.14 Å². The zero-order valence-electron chi connectivity index (χ0n) is 15.4. The van der Waals surface area contributed by atoms with Crippen molar-refractivity contribution >= 4 is 32.8 Å². The normalized spacial score (nSPS) is 12.1. The quantitative estimate of drug-likeness (QED) is 0.540. The Morgan fingerprint density at radius 1 is 1.22 bits per heavy atom. The minimum Gasteiger partial charge on any atom is -0.339 e. The van der Waals surface area contributed by atoms with Gasteiger partial charge in [-0.1, -0.05) is 37.2 Å². The van der Waals surface area contributed by atoms with Crippen molar-refractivity contribution in [1.29, 1.82) is 0 Å². The van der Waals surface area contributed by atoms with E-state index in [0.717, 1.165) is 42.9 Å². The molecular formula is C17H23N5O3S2. The minimum absolute atomic E-state index is 0.0615. The van der Waals surface area contributed by atoms with Crippen LogP contribution in [-0.2, 0) is 28.7 Å². The Balaban J connectivity index is 1.84. The van der Waals surface area contributed by atoms with Gasteiger partial charge in [-0.3, -0.25) is 0 Å². The number of nitrogens with two attached hydrogens (primary N) is 1. The summed E-state index contributed by atoms with van der Waals surface area (Å²) in [6, 6.07) is 4.77. The summed E-state index contributed by atoms with van der Waals surface area (Å²) >= 11 is 1.50. The SMILES string of the molecule is CCCCc1nc(CSc2nc3cc(S(N)(=O)=O)ccc3n2CCC)no1. The first-order valence-corrected chi connectivity index (χ1v) is 11.4. The molecule has 0 atom stereocenters. The van der Waals surface area contributed by atoms with Crippen LogP contribution >= 0.6 is 11.8 Å². The van der Waals surface area contributed by atoms with Crippen LogP contribution in [0, 0.1) is 0 Å². The minimum atomic E-state index is -3.76. The van der Waals surface area contributed by atoms with E-state index < -0.39 is 10.0 Å². The predicted molar refractivity (Wildman–Crippen MR) is 104 cm³/mol. The first kappa shape index (κ1) is 19.8. The Kier molecular flexibility index (Phi) is 6.18. The molecule has 0 saturated carbocycles. The molecule has 27 heavy (non-hydrogen) atoms. The van der Waals surface area contributed by atoms with Gasteiger partial charge in [0, 0.05) is 13.0 Å². The predicted octanol–water partition coefficient (Wildman–Crippen LogP) is 3.11. The first-order chi connectivity index (χ1) is 12.9. The summed E-state index contributed by atoms with van der Waals surface area (Å²) in [6.07, 6.45) is 3.82. The summed E-state index contributed by atoms with van der Waals surface area (Å²) in [4.78, 5) is 9.07. The van der Waals surface area contributed by atoms with E-state index in [-0.39, 0.29) is 4.90 Å². The van der Waals surface area contributed by atoms with Crippen molar-refractivity contribution < 1.29 is 12.9 Å². The van der Waals surface area contributed by atoms with Gasteiger partial charge in [-0.05, 0) is 31.0 Å². The van der Waals surface area contributed by atoms with Gasteiger partial charge in [0.2, 0.25) is 15.9 Å². The first-order valence-electron chi connectivity index (χ1n) is 8.89. The van der Waals surface area contributed by atoms with Crippen LogP contribution in [0.2, 0.25) is 0 Å². The lowest BCUT2D eigenvalue weighted by atomic mass is 10.2. The molecule has 0 aliphatic heterocycles. The number of hydrogen-bond acceptors (Lipinski definition) is 7. The molecule has 0 aliphatic carbocycles. The van der Waals surface area contributed by atoms with Gasteiger partial charge >= 0.3 is 0 Å². The summed E-state index contributed by atoms with van der Waals surface area (Å²) in [5.74, 6) is 1.82. The standard InChI is InChI=1S/C17H23N5O3S2/c1-3-5-6-16-20-15(21-25-16)11-26-17-19-13-10-12(27(18,23)24)7-8-14(13)22(17)9-4-2/h7-8,10H,3-6,9,11H2,1-2H3,(H2,18,23,24). The second-order valence-corrected chi connectivity index (χ2v) is 8.74. The maximum atomic E-state index is 11.6. The molecule has 146 valence electrons. The van der Waals surface area contributed by atoms with E-state index >= 15 is 0 Å². The van der Waals surface area contributed by atoms with Gasteiger partial charge in [0.05, 0.1) is 21.7 Å². The summed E-state index contributed by atoms with van der Waals surface area (Å²) in [7, 11) is -3.76. The molecule has 8 nitrogen and oxygen atoms in total. The fourth-order valence-electron chi connectivity index (χ4n) is 2.72. The van der Waals surface area contributed by atoms with Crippen LogP contribution in [0.25, 0.3) is 11.0 Å². The van der Waals surface area contributed by atoms with E-state index in [1.165, 1.54) is 23.9 Å². The summed E-state index contributed by atoms with van der Waals surface area (Å²) < 4.78 is 30.5. The number of unbranched alkanes of at least 4 members (excludes halogenated alkanes) is 1. The molecule has 3 rings (SSSR count). The summed E-state index contributed by atoms with van der Waals surface area (Å²) in [5, 5.41) is 10.0. The second kappa shape index (κ2) is 8.41. The van der Waals surface area contributed by atoms with Gasteiger partial charge in [-0.25, -0.2) is 18.5 Å². The highest BCUT2D eigenvalue weighted by Crippen LogP contribution is 2.28. The van der Waals surface area contributed by atoms with E-state index in [2.05, 4.69) is 33.5 Å². The van der Waals surface area contributed by atoms with Crippen LogP contribution in [0.5, 0.6) is 0 Å². The Bertz CT molecular complexity index is 1030. The third-order valence-corrected chi connectivity index (χ3v) is 5.93. The molecule has 3 aromatic rings. The molecular weight excluding hydrogens is 386 g/mol. The number of rotatable bonds is 9. The lowest BCUT2D eigenvalue weighted by Gasteiger charge is -2.06. The smallest absolute Gasteiger partial charge is 0.238 e. The van der Waals surface area contributed by atoms with Crippen molar-refractivity contribution in [3.8, 4) is 0 Å². The van der Waals surface area contributed by atoms with Crippen molar-refractivity contribution in [3.05, 3.63) is 29.9 Å². The van der Waals surface area contributed by atoms with Gasteiger partial charge in [-0.15, -0.1) is 0 Å². The molecule has 0 fully saturated rings. The Labute approximate surface area is 162 Å². The van der Waals surface area contributed by atoms with Gasteiger partial charge in [0.1, 0.15) is 0 Å². The van der Waals surface area contributed by atoms with E-state index in [4.69, 9.17) is 9.66 Å². The number of fused-ring (bicyclic) bond motifs is 1. The number of primary sulfonamides is 1. The number of thioether (sulfide) groups is 1. The second-order valence-electron chi connectivity index (χ2n) is 6.24. The van der Waals surface area contributed by atoms with Crippen LogP contribution in [0.3, 0.4) is 0 Å². The van der Waals surface area contributed by atoms with E-state index in [1.54, 1.807) is 6.07 Å². The lowest BCUT2D eigenvalue weighted by Crippen LogP contribution is -2.11. The Hall–Kier alpha value is -1.91. The third-order valence-electron chi connectivity index (χ3n) is 4.05. The number of aromatic nitrogens is 4. The molecule has 0 radical (unpaired) electrons. The number of hydrogen-bond donors (Lipinski definition) is 1. The number of sulfonamides is 1. The van der Waals surface area contributed by atoms with E-state index in [1.807, 2.05) is 0 Å². The molecule has 0 spiro atoms. The maximum Gasteiger partial charge on any atom is 0.238 e. The molecule has 1 aromatic carbocycles. The van der Waals surface area contributed by atoms with Gasteiger partial charge in [0.25, 0.3) is 0 Å². The molecule has 0 amide bonds. The van der Waals surface area contributed by atoms with Crippen LogP contribution in [-0.4, -0.2) is 28.1 Å². The molecule has 0 aliphatic rings. The average Bonchev–Trinajstić information content (AvgIpc) is 3.22.